The zero-order valence-electron chi connectivity index (χ0n) is 3.44. The van der Waals surface area contributed by atoms with Crippen molar-refractivity contribution in [1.29, 1.82) is 5.26 Å². The normalized spacial score (nSPS) is 2.57. The second-order valence-electron chi connectivity index (χ2n) is 0.0816. The SMILES string of the molecule is C#N.C=O.O=NO. The van der Waals surface area contributed by atoms with Crippen molar-refractivity contribution in [1.82, 2.24) is 0 Å². The number of rotatable bonds is 0. The van der Waals surface area contributed by atoms with Crippen LogP contribution in [0.2, 0.25) is 0 Å². The third-order valence-electron chi connectivity index (χ3n) is 0. The molecule has 0 aliphatic carbocycles. The van der Waals surface area contributed by atoms with Crippen molar-refractivity contribution in [2.45, 2.75) is 0 Å². The molecule has 0 saturated carbocycles. The minimum atomic E-state index is 1.25. The molecule has 0 saturated heterocycles. The van der Waals surface area contributed by atoms with Gasteiger partial charge < -0.3 is 10.0 Å². The fourth-order valence-corrected chi connectivity index (χ4v) is 0. The highest BCUT2D eigenvalue weighted by molar-refractivity contribution is 5.10. The highest BCUT2D eigenvalue weighted by Crippen LogP contribution is 1.25. The van der Waals surface area contributed by atoms with Gasteiger partial charge in [0.2, 0.25) is 0 Å². The number of nitriles is 1. The van der Waals surface area contributed by atoms with Gasteiger partial charge in [-0.3, -0.25) is 0 Å². The van der Waals surface area contributed by atoms with Crippen molar-refractivity contribution in [2.75, 3.05) is 0 Å². The van der Waals surface area contributed by atoms with Gasteiger partial charge in [-0.05, 0) is 0 Å². The largest absolute Gasteiger partial charge is 0.379 e. The van der Waals surface area contributed by atoms with Gasteiger partial charge in [0.15, 0.2) is 5.34 Å². The minimum absolute atomic E-state index is 1.25. The molecule has 0 atom stereocenters. The summed E-state index contributed by atoms with van der Waals surface area (Å²) >= 11 is 0. The van der Waals surface area contributed by atoms with Crippen LogP contribution in [0.5, 0.6) is 0 Å². The molecule has 0 amide bonds. The molecule has 40 valence electrons. The predicted molar refractivity (Wildman–Crippen MR) is 21.4 cm³/mol. The summed E-state index contributed by atoms with van der Waals surface area (Å²) in [5.41, 5.74) is 0. The maximum absolute atomic E-state index is 8.11. The van der Waals surface area contributed by atoms with E-state index in [0.717, 1.165) is 0 Å². The molecule has 0 aromatic heterocycles. The zero-order chi connectivity index (χ0) is 6.71. The first kappa shape index (κ1) is 17.6. The van der Waals surface area contributed by atoms with Crippen LogP contribution in [0.15, 0.2) is 5.34 Å². The summed E-state index contributed by atoms with van der Waals surface area (Å²) in [6.07, 6.45) is 0. The standard InChI is InChI=1S/CHN.CH2O.HNO2/c2*1-2;2-1-3/h1H;1H2;(H,2,3). The fourth-order valence-electron chi connectivity index (χ4n) is 0. The molecule has 0 aliphatic rings. The molecular weight excluding hydrogens is 100 g/mol. The van der Waals surface area contributed by atoms with Crippen LogP contribution in [0, 0.1) is 16.7 Å². The van der Waals surface area contributed by atoms with E-state index in [1.807, 2.05) is 6.79 Å². The van der Waals surface area contributed by atoms with Gasteiger partial charge in [0.25, 0.3) is 0 Å². The van der Waals surface area contributed by atoms with E-state index in [9.17, 15) is 0 Å². The maximum Gasteiger partial charge on any atom is 0.152 e. The van der Waals surface area contributed by atoms with Crippen molar-refractivity contribution in [3.8, 4) is 6.57 Å². The molecule has 1 N–H and O–H groups in total. The van der Waals surface area contributed by atoms with E-state index in [1.54, 1.807) is 0 Å². The third-order valence-corrected chi connectivity index (χ3v) is 0. The lowest BCUT2D eigenvalue weighted by molar-refractivity contribution is -0.0979. The van der Waals surface area contributed by atoms with Crippen LogP contribution in [0.4, 0.5) is 0 Å². The van der Waals surface area contributed by atoms with E-state index in [-0.39, 0.29) is 0 Å². The molecule has 0 aromatic carbocycles. The summed E-state index contributed by atoms with van der Waals surface area (Å²) in [5, 5.41) is 14.4. The monoisotopic (exact) mass is 104 g/mol. The second kappa shape index (κ2) is 299. The Morgan fingerprint density at radius 2 is 1.57 bits per heavy atom. The van der Waals surface area contributed by atoms with Crippen molar-refractivity contribution in [2.24, 2.45) is 5.34 Å². The summed E-state index contributed by atoms with van der Waals surface area (Å²) in [7, 11) is 0. The van der Waals surface area contributed by atoms with Gasteiger partial charge in [-0.15, -0.1) is 4.91 Å². The van der Waals surface area contributed by atoms with E-state index < -0.39 is 0 Å². The lowest BCUT2D eigenvalue weighted by Crippen LogP contribution is -1.25. The highest BCUT2D eigenvalue weighted by atomic mass is 16.6. The van der Waals surface area contributed by atoms with Gasteiger partial charge in [-0.1, -0.05) is 0 Å². The summed E-state index contributed by atoms with van der Waals surface area (Å²) in [5.74, 6) is 0. The van der Waals surface area contributed by atoms with E-state index in [4.69, 9.17) is 20.2 Å². The van der Waals surface area contributed by atoms with Gasteiger partial charge in [0, 0.05) is 6.57 Å². The number of carbonyl (C=O) groups is 1. The first-order valence-corrected chi connectivity index (χ1v) is 0.929. The molecule has 0 fully saturated rings. The topological polar surface area (TPSA) is 90.5 Å². The quantitative estimate of drug-likeness (QED) is 0.348. The lowest BCUT2D eigenvalue weighted by atomic mass is 11.9. The lowest BCUT2D eigenvalue weighted by Gasteiger charge is -1.32. The highest BCUT2D eigenvalue weighted by Gasteiger charge is 1.18. The van der Waals surface area contributed by atoms with Crippen LogP contribution < -0.4 is 0 Å². The van der Waals surface area contributed by atoms with Crippen LogP contribution in [-0.2, 0) is 4.79 Å². The Balaban J connectivity index is -0.0000000360. The Morgan fingerprint density at radius 1 is 1.57 bits per heavy atom. The molecule has 0 aliphatic heterocycles. The first-order valence-electron chi connectivity index (χ1n) is 0.929. The Bertz CT molecular complexity index is 43.4. The van der Waals surface area contributed by atoms with Gasteiger partial charge >= 0.3 is 0 Å². The average Bonchev–Trinajstić information content (AvgIpc) is 1.78. The summed E-state index contributed by atoms with van der Waals surface area (Å²) in [6, 6.07) is 0. The Labute approximate surface area is 40.1 Å². The van der Waals surface area contributed by atoms with Gasteiger partial charge in [0.05, 0.1) is 0 Å². The van der Waals surface area contributed by atoms with E-state index in [1.165, 1.54) is 5.34 Å². The minimum Gasteiger partial charge on any atom is -0.379 e. The van der Waals surface area contributed by atoms with Crippen molar-refractivity contribution < 1.29 is 10.0 Å². The Morgan fingerprint density at radius 3 is 1.57 bits per heavy atom. The summed E-state index contributed by atoms with van der Waals surface area (Å²) in [6.45, 7) is 5.50. The molecule has 0 unspecified atom stereocenters. The van der Waals surface area contributed by atoms with Gasteiger partial charge in [-0.25, -0.2) is 5.26 Å². The van der Waals surface area contributed by atoms with Crippen LogP contribution in [0.3, 0.4) is 0 Å². The van der Waals surface area contributed by atoms with Gasteiger partial charge in [-0.2, -0.15) is 0 Å². The maximum atomic E-state index is 8.11. The first-order chi connectivity index (χ1) is 3.41. The molecule has 0 aromatic rings. The molecule has 5 heteroatoms. The summed E-state index contributed by atoms with van der Waals surface area (Å²) < 4.78 is 0. The van der Waals surface area contributed by atoms with Crippen LogP contribution >= 0.6 is 0 Å². The Hall–Kier alpha value is -1.44. The molecule has 7 heavy (non-hydrogen) atoms. The molecule has 0 radical (unpaired) electrons. The number of nitrogens with zero attached hydrogens (tertiary/aromatic N) is 2. The molecule has 0 bridgehead atoms. The average molecular weight is 104 g/mol. The van der Waals surface area contributed by atoms with Crippen molar-refractivity contribution >= 4 is 6.79 Å². The zero-order valence-corrected chi connectivity index (χ0v) is 3.44. The molecule has 0 spiro atoms. The molecular formula is C2H4N2O3. The molecule has 5 nitrogen and oxygen atoms in total. The van der Waals surface area contributed by atoms with Crippen molar-refractivity contribution in [3.05, 3.63) is 4.91 Å². The number of hydrogen-bond acceptors (Lipinski definition) is 4. The Kier molecular flexibility index (Phi) is 752. The predicted octanol–water partition coefficient (Wildman–Crippen LogP) is 0.0969. The van der Waals surface area contributed by atoms with E-state index in [0.29, 0.717) is 0 Å². The smallest absolute Gasteiger partial charge is 0.152 e. The van der Waals surface area contributed by atoms with E-state index in [2.05, 4.69) is 6.57 Å². The number of hydrogen-bond donors (Lipinski definition) is 1. The van der Waals surface area contributed by atoms with Crippen molar-refractivity contribution in [3.63, 3.8) is 0 Å². The van der Waals surface area contributed by atoms with Crippen LogP contribution in [0.25, 0.3) is 0 Å². The number of carbonyl (C=O) groups excluding carboxylic acids is 1. The van der Waals surface area contributed by atoms with Crippen LogP contribution in [-0.4, -0.2) is 12.0 Å². The fraction of sp³-hybridized carbons (Fsp3) is 0. The van der Waals surface area contributed by atoms with E-state index >= 15 is 0 Å². The second-order valence-corrected chi connectivity index (χ2v) is 0.0816. The molecule has 0 rings (SSSR count). The third kappa shape index (κ3) is 14.4. The van der Waals surface area contributed by atoms with Crippen LogP contribution in [0.1, 0.15) is 0 Å². The summed E-state index contributed by atoms with van der Waals surface area (Å²) in [4.78, 5) is 16.1. The molecule has 0 heterocycles. The van der Waals surface area contributed by atoms with Gasteiger partial charge in [0.1, 0.15) is 6.79 Å².